The molecule has 4 fully saturated rings. The maximum absolute atomic E-state index is 11.1. The van der Waals surface area contributed by atoms with Crippen LogP contribution in [0.4, 0.5) is 0 Å². The zero-order valence-electron chi connectivity index (χ0n) is 19.5. The SMILES string of the molecule is COc1ccc(CC/C=C(/C=C/C(=O)O)c2ccccc2)cc1C12CC3CC(CC(C3)C1)C2. The first-order valence-corrected chi connectivity index (χ1v) is 12.4. The number of carbonyl (C=O) groups is 1. The van der Waals surface area contributed by atoms with Gasteiger partial charge in [-0.25, -0.2) is 4.79 Å². The number of aliphatic carboxylic acids is 1. The first-order chi connectivity index (χ1) is 16.0. The second-order valence-electron chi connectivity index (χ2n) is 10.5. The average molecular weight is 443 g/mol. The summed E-state index contributed by atoms with van der Waals surface area (Å²) in [5.41, 5.74) is 5.09. The number of rotatable bonds is 8. The van der Waals surface area contributed by atoms with Crippen molar-refractivity contribution in [1.29, 1.82) is 0 Å². The zero-order valence-corrected chi connectivity index (χ0v) is 19.5. The van der Waals surface area contributed by atoms with E-state index in [4.69, 9.17) is 9.84 Å². The number of benzene rings is 2. The maximum Gasteiger partial charge on any atom is 0.328 e. The predicted octanol–water partition coefficient (Wildman–Crippen LogP) is 6.82. The molecule has 172 valence electrons. The average Bonchev–Trinajstić information content (AvgIpc) is 2.80. The lowest BCUT2D eigenvalue weighted by Crippen LogP contribution is -2.48. The molecule has 0 radical (unpaired) electrons. The molecule has 3 nitrogen and oxygen atoms in total. The van der Waals surface area contributed by atoms with Gasteiger partial charge in [-0.15, -0.1) is 0 Å². The Balaban J connectivity index is 1.38. The number of carboxylic acids is 1. The Kier molecular flexibility index (Phi) is 6.14. The fraction of sp³-hybridized carbons (Fsp3) is 0.433. The van der Waals surface area contributed by atoms with Crippen LogP contribution in [0.5, 0.6) is 5.75 Å². The van der Waals surface area contributed by atoms with Crippen LogP contribution in [0.25, 0.3) is 5.57 Å². The highest BCUT2D eigenvalue weighted by Gasteiger charge is 2.52. The van der Waals surface area contributed by atoms with E-state index in [1.54, 1.807) is 6.08 Å². The lowest BCUT2D eigenvalue weighted by Gasteiger charge is -2.57. The van der Waals surface area contributed by atoms with Crippen LogP contribution < -0.4 is 4.74 Å². The van der Waals surface area contributed by atoms with E-state index in [0.29, 0.717) is 5.41 Å². The van der Waals surface area contributed by atoms with E-state index in [1.165, 1.54) is 55.7 Å². The van der Waals surface area contributed by atoms with Gasteiger partial charge in [0.2, 0.25) is 0 Å². The summed E-state index contributed by atoms with van der Waals surface area (Å²) in [6, 6.07) is 16.8. The molecule has 0 saturated heterocycles. The molecule has 0 aromatic heterocycles. The van der Waals surface area contributed by atoms with Gasteiger partial charge in [-0.3, -0.25) is 0 Å². The van der Waals surface area contributed by atoms with E-state index in [9.17, 15) is 4.79 Å². The molecular weight excluding hydrogens is 408 g/mol. The number of carboxylic acid groups (broad SMARTS) is 1. The normalized spacial score (nSPS) is 28.4. The Bertz CT molecular complexity index is 1030. The van der Waals surface area contributed by atoms with Crippen LogP contribution >= 0.6 is 0 Å². The number of allylic oxidation sites excluding steroid dienone is 3. The molecule has 33 heavy (non-hydrogen) atoms. The Labute approximate surface area is 197 Å². The molecule has 4 saturated carbocycles. The highest BCUT2D eigenvalue weighted by molar-refractivity contribution is 5.85. The van der Waals surface area contributed by atoms with E-state index in [-0.39, 0.29) is 0 Å². The fourth-order valence-corrected chi connectivity index (χ4v) is 7.23. The zero-order chi connectivity index (χ0) is 22.8. The molecule has 0 heterocycles. The van der Waals surface area contributed by atoms with E-state index in [1.807, 2.05) is 37.4 Å². The van der Waals surface area contributed by atoms with Gasteiger partial charge in [0.15, 0.2) is 0 Å². The summed E-state index contributed by atoms with van der Waals surface area (Å²) in [6.07, 6.45) is 15.2. The van der Waals surface area contributed by atoms with Crippen molar-refractivity contribution >= 4 is 11.5 Å². The third-order valence-corrected chi connectivity index (χ3v) is 8.18. The van der Waals surface area contributed by atoms with Gasteiger partial charge in [-0.05, 0) is 103 Å². The summed E-state index contributed by atoms with van der Waals surface area (Å²) in [4.78, 5) is 11.1. The summed E-state index contributed by atoms with van der Waals surface area (Å²) in [5, 5.41) is 9.08. The summed E-state index contributed by atoms with van der Waals surface area (Å²) < 4.78 is 5.87. The van der Waals surface area contributed by atoms with Gasteiger partial charge in [-0.1, -0.05) is 48.5 Å². The molecule has 4 aliphatic carbocycles. The maximum atomic E-state index is 11.1. The van der Waals surface area contributed by atoms with E-state index in [0.717, 1.165) is 47.5 Å². The van der Waals surface area contributed by atoms with Crippen molar-refractivity contribution in [3.05, 3.63) is 83.4 Å². The molecule has 0 amide bonds. The molecule has 0 spiro atoms. The van der Waals surface area contributed by atoms with Gasteiger partial charge in [0.05, 0.1) is 7.11 Å². The van der Waals surface area contributed by atoms with Crippen LogP contribution in [0.1, 0.15) is 61.6 Å². The smallest absolute Gasteiger partial charge is 0.328 e. The number of hydrogen-bond acceptors (Lipinski definition) is 2. The van der Waals surface area contributed by atoms with Crippen molar-refractivity contribution < 1.29 is 14.6 Å². The number of ether oxygens (including phenoxy) is 1. The quantitative estimate of drug-likeness (QED) is 0.360. The van der Waals surface area contributed by atoms with Crippen LogP contribution in [0.15, 0.2) is 66.8 Å². The standard InChI is InChI=1S/C30H34O3/c1-33-28-12-10-21(6-5-9-26(11-13-29(31)32)25-7-3-2-4-8-25)17-27(28)30-18-22-14-23(19-30)16-24(15-22)20-30/h2-4,7-13,17,22-24H,5-6,14-16,18-20H2,1H3,(H,31,32)/b13-11+,26-9-. The first kappa shape index (κ1) is 22.0. The lowest BCUT2D eigenvalue weighted by atomic mass is 9.48. The highest BCUT2D eigenvalue weighted by Crippen LogP contribution is 2.61. The predicted molar refractivity (Wildman–Crippen MR) is 132 cm³/mol. The topological polar surface area (TPSA) is 46.5 Å². The lowest BCUT2D eigenvalue weighted by molar-refractivity contribution is -0.131. The van der Waals surface area contributed by atoms with Crippen molar-refractivity contribution in [3.63, 3.8) is 0 Å². The molecule has 4 aliphatic rings. The second kappa shape index (κ2) is 9.21. The van der Waals surface area contributed by atoms with Crippen molar-refractivity contribution in [2.75, 3.05) is 7.11 Å². The monoisotopic (exact) mass is 442 g/mol. The molecule has 0 unspecified atom stereocenters. The largest absolute Gasteiger partial charge is 0.496 e. The van der Waals surface area contributed by atoms with Crippen LogP contribution in [0, 0.1) is 17.8 Å². The van der Waals surface area contributed by atoms with Gasteiger partial charge in [0.1, 0.15) is 5.75 Å². The minimum absolute atomic E-state index is 0.311. The molecule has 4 bridgehead atoms. The number of hydrogen-bond donors (Lipinski definition) is 1. The van der Waals surface area contributed by atoms with Crippen molar-refractivity contribution in [3.8, 4) is 5.75 Å². The van der Waals surface area contributed by atoms with E-state index in [2.05, 4.69) is 24.3 Å². The van der Waals surface area contributed by atoms with Crippen molar-refractivity contribution in [2.24, 2.45) is 17.8 Å². The molecule has 3 heteroatoms. The Morgan fingerprint density at radius 1 is 1.00 bits per heavy atom. The Hall–Kier alpha value is -2.81. The third-order valence-electron chi connectivity index (χ3n) is 8.18. The van der Waals surface area contributed by atoms with Crippen LogP contribution in [-0.2, 0) is 16.6 Å². The summed E-state index contributed by atoms with van der Waals surface area (Å²) >= 11 is 0. The van der Waals surface area contributed by atoms with Crippen molar-refractivity contribution in [2.45, 2.75) is 56.8 Å². The molecule has 6 rings (SSSR count). The molecule has 2 aromatic carbocycles. The molecular formula is C30H34O3. The fourth-order valence-electron chi connectivity index (χ4n) is 7.23. The van der Waals surface area contributed by atoms with Crippen LogP contribution in [0.3, 0.4) is 0 Å². The van der Waals surface area contributed by atoms with Gasteiger partial charge >= 0.3 is 5.97 Å². The van der Waals surface area contributed by atoms with Gasteiger partial charge in [0, 0.05) is 11.6 Å². The number of methoxy groups -OCH3 is 1. The van der Waals surface area contributed by atoms with E-state index >= 15 is 0 Å². The first-order valence-electron chi connectivity index (χ1n) is 12.4. The highest BCUT2D eigenvalue weighted by atomic mass is 16.5. The second-order valence-corrected chi connectivity index (χ2v) is 10.5. The Morgan fingerprint density at radius 2 is 1.67 bits per heavy atom. The minimum atomic E-state index is -0.924. The summed E-state index contributed by atoms with van der Waals surface area (Å²) in [6.45, 7) is 0. The van der Waals surface area contributed by atoms with Gasteiger partial charge < -0.3 is 9.84 Å². The van der Waals surface area contributed by atoms with E-state index < -0.39 is 5.97 Å². The molecule has 2 aromatic rings. The molecule has 0 atom stereocenters. The Morgan fingerprint density at radius 3 is 2.27 bits per heavy atom. The van der Waals surface area contributed by atoms with Gasteiger partial charge in [-0.2, -0.15) is 0 Å². The van der Waals surface area contributed by atoms with Crippen molar-refractivity contribution in [1.82, 2.24) is 0 Å². The number of aryl methyl sites for hydroxylation is 1. The third kappa shape index (κ3) is 4.64. The summed E-state index contributed by atoms with van der Waals surface area (Å²) in [7, 11) is 1.81. The molecule has 1 N–H and O–H groups in total. The minimum Gasteiger partial charge on any atom is -0.496 e. The molecule has 0 aliphatic heterocycles. The van der Waals surface area contributed by atoms with Crippen LogP contribution in [0.2, 0.25) is 0 Å². The summed E-state index contributed by atoms with van der Waals surface area (Å²) in [5.74, 6) is 2.85. The van der Waals surface area contributed by atoms with Crippen LogP contribution in [-0.4, -0.2) is 18.2 Å². The van der Waals surface area contributed by atoms with Gasteiger partial charge in [0.25, 0.3) is 0 Å².